The van der Waals surface area contributed by atoms with E-state index in [-0.39, 0.29) is 35.7 Å². The van der Waals surface area contributed by atoms with Crippen molar-refractivity contribution in [2.24, 2.45) is 0 Å². The molecular formula is C21H19FN8O2. The quantitative estimate of drug-likeness (QED) is 0.439. The van der Waals surface area contributed by atoms with Crippen LogP contribution >= 0.6 is 0 Å². The number of rotatable bonds is 6. The maximum atomic E-state index is 13.1. The number of esters is 1. The van der Waals surface area contributed by atoms with Gasteiger partial charge in [0.15, 0.2) is 18.2 Å². The molecule has 0 atom stereocenters. The highest BCUT2D eigenvalue weighted by atomic mass is 19.1. The SMILES string of the molecule is Cc1cc(C)n(-c2ccc(C(=O)OCc3nc(N)nc(Nc4ccc(F)cc4)n3)cn2)n1. The second-order valence-electron chi connectivity index (χ2n) is 6.89. The van der Waals surface area contributed by atoms with E-state index in [2.05, 4.69) is 30.4 Å². The van der Waals surface area contributed by atoms with Crippen LogP contribution < -0.4 is 11.1 Å². The zero-order valence-electron chi connectivity index (χ0n) is 17.3. The molecule has 3 N–H and O–H groups in total. The summed E-state index contributed by atoms with van der Waals surface area (Å²) in [7, 11) is 0. The lowest BCUT2D eigenvalue weighted by atomic mass is 10.3. The fraction of sp³-hybridized carbons (Fsp3) is 0.143. The van der Waals surface area contributed by atoms with Gasteiger partial charge in [0, 0.05) is 17.6 Å². The molecule has 0 spiro atoms. The first-order valence-electron chi connectivity index (χ1n) is 9.57. The van der Waals surface area contributed by atoms with Gasteiger partial charge in [-0.3, -0.25) is 0 Å². The number of aromatic nitrogens is 6. The number of hydrogen-bond acceptors (Lipinski definition) is 9. The Balaban J connectivity index is 1.41. The smallest absolute Gasteiger partial charge is 0.340 e. The predicted octanol–water partition coefficient (Wildman–Crippen LogP) is 2.89. The fourth-order valence-corrected chi connectivity index (χ4v) is 2.93. The highest BCUT2D eigenvalue weighted by molar-refractivity contribution is 5.89. The average Bonchev–Trinajstić information content (AvgIpc) is 3.11. The van der Waals surface area contributed by atoms with Crippen molar-refractivity contribution in [2.45, 2.75) is 20.5 Å². The summed E-state index contributed by atoms with van der Waals surface area (Å²) in [4.78, 5) is 28.8. The Hall–Kier alpha value is -4.41. The van der Waals surface area contributed by atoms with E-state index in [1.165, 1.54) is 30.5 Å². The molecule has 11 heteroatoms. The predicted molar refractivity (Wildman–Crippen MR) is 114 cm³/mol. The molecule has 4 aromatic rings. The summed E-state index contributed by atoms with van der Waals surface area (Å²) in [6.45, 7) is 3.59. The van der Waals surface area contributed by atoms with Gasteiger partial charge in [-0.25, -0.2) is 18.9 Å². The number of nitrogens with two attached hydrogens (primary N) is 1. The number of ether oxygens (including phenoxy) is 1. The number of carbonyl (C=O) groups excluding carboxylic acids is 1. The van der Waals surface area contributed by atoms with E-state index in [0.717, 1.165) is 11.4 Å². The molecule has 1 aromatic carbocycles. The Morgan fingerprint density at radius 1 is 1.12 bits per heavy atom. The summed E-state index contributed by atoms with van der Waals surface area (Å²) in [6, 6.07) is 10.9. The summed E-state index contributed by atoms with van der Waals surface area (Å²) in [5.74, 6) is -0.116. The monoisotopic (exact) mass is 434 g/mol. The van der Waals surface area contributed by atoms with E-state index in [4.69, 9.17) is 10.5 Å². The van der Waals surface area contributed by atoms with E-state index in [9.17, 15) is 9.18 Å². The minimum atomic E-state index is -0.593. The number of aryl methyl sites for hydroxylation is 2. The molecule has 0 aliphatic rings. The molecule has 10 nitrogen and oxygen atoms in total. The van der Waals surface area contributed by atoms with Gasteiger partial charge in [-0.2, -0.15) is 20.1 Å². The van der Waals surface area contributed by atoms with Gasteiger partial charge >= 0.3 is 5.97 Å². The van der Waals surface area contributed by atoms with Gasteiger partial charge in [0.25, 0.3) is 0 Å². The van der Waals surface area contributed by atoms with Crippen molar-refractivity contribution in [2.75, 3.05) is 11.1 Å². The standard InChI is InChI=1S/C21H19FN8O2/c1-12-9-13(2)30(29-12)18-8-3-14(10-24-18)19(31)32-11-17-26-20(23)28-21(27-17)25-16-6-4-15(22)5-7-16/h3-10H,11H2,1-2H3,(H3,23,25,26,27,28). The van der Waals surface area contributed by atoms with Crippen molar-refractivity contribution in [3.63, 3.8) is 0 Å². The van der Waals surface area contributed by atoms with E-state index >= 15 is 0 Å². The molecule has 3 aromatic heterocycles. The normalized spacial score (nSPS) is 10.7. The molecule has 0 bridgehead atoms. The second-order valence-corrected chi connectivity index (χ2v) is 6.89. The summed E-state index contributed by atoms with van der Waals surface area (Å²) in [5, 5.41) is 7.25. The van der Waals surface area contributed by atoms with E-state index in [1.807, 2.05) is 19.9 Å². The zero-order valence-corrected chi connectivity index (χ0v) is 17.3. The molecule has 0 saturated heterocycles. The van der Waals surface area contributed by atoms with Crippen LogP contribution in [0.1, 0.15) is 27.6 Å². The van der Waals surface area contributed by atoms with E-state index in [0.29, 0.717) is 11.5 Å². The van der Waals surface area contributed by atoms with Crippen LogP contribution in [0.5, 0.6) is 0 Å². The lowest BCUT2D eigenvalue weighted by molar-refractivity contribution is 0.0461. The van der Waals surface area contributed by atoms with Crippen molar-refractivity contribution in [3.8, 4) is 5.82 Å². The molecule has 0 radical (unpaired) electrons. The number of pyridine rings is 1. The number of nitrogens with zero attached hydrogens (tertiary/aromatic N) is 6. The van der Waals surface area contributed by atoms with Crippen LogP contribution in [0.4, 0.5) is 22.0 Å². The van der Waals surface area contributed by atoms with Crippen molar-refractivity contribution >= 4 is 23.6 Å². The van der Waals surface area contributed by atoms with Crippen molar-refractivity contribution in [3.05, 3.63) is 77.3 Å². The topological polar surface area (TPSA) is 134 Å². The zero-order chi connectivity index (χ0) is 22.7. The first-order valence-corrected chi connectivity index (χ1v) is 9.57. The maximum absolute atomic E-state index is 13.1. The molecule has 32 heavy (non-hydrogen) atoms. The molecule has 0 amide bonds. The number of hydrogen-bond donors (Lipinski definition) is 2. The molecule has 0 aliphatic heterocycles. The lowest BCUT2D eigenvalue weighted by Crippen LogP contribution is -2.12. The van der Waals surface area contributed by atoms with Gasteiger partial charge in [0.05, 0.1) is 11.3 Å². The molecule has 0 fully saturated rings. The number of halogens is 1. The summed E-state index contributed by atoms with van der Waals surface area (Å²) < 4.78 is 20.0. The second kappa shape index (κ2) is 8.76. The minimum absolute atomic E-state index is 0.0495. The van der Waals surface area contributed by atoms with Crippen LogP contribution in [0.2, 0.25) is 0 Å². The highest BCUT2D eigenvalue weighted by Crippen LogP contribution is 2.15. The molecule has 4 rings (SSSR count). The van der Waals surface area contributed by atoms with Crippen LogP contribution in [-0.2, 0) is 11.3 Å². The number of nitrogens with one attached hydrogen (secondary N) is 1. The fourth-order valence-electron chi connectivity index (χ4n) is 2.93. The Labute approximate surface area is 182 Å². The Bertz CT molecular complexity index is 1260. The highest BCUT2D eigenvalue weighted by Gasteiger charge is 2.12. The van der Waals surface area contributed by atoms with Crippen LogP contribution in [0.25, 0.3) is 5.82 Å². The average molecular weight is 434 g/mol. The van der Waals surface area contributed by atoms with Crippen molar-refractivity contribution < 1.29 is 13.9 Å². The van der Waals surface area contributed by atoms with Crippen molar-refractivity contribution in [1.29, 1.82) is 0 Å². The Morgan fingerprint density at radius 2 is 1.91 bits per heavy atom. The molecule has 3 heterocycles. The van der Waals surface area contributed by atoms with Gasteiger partial charge in [-0.1, -0.05) is 0 Å². The molecular weight excluding hydrogens is 415 g/mol. The largest absolute Gasteiger partial charge is 0.454 e. The summed E-state index contributed by atoms with van der Waals surface area (Å²) >= 11 is 0. The van der Waals surface area contributed by atoms with Crippen LogP contribution in [-0.4, -0.2) is 35.7 Å². The van der Waals surface area contributed by atoms with Gasteiger partial charge in [-0.05, 0) is 56.3 Å². The third-order valence-corrected chi connectivity index (χ3v) is 4.34. The van der Waals surface area contributed by atoms with Crippen LogP contribution in [0.15, 0.2) is 48.7 Å². The minimum Gasteiger partial charge on any atom is -0.454 e. The van der Waals surface area contributed by atoms with Gasteiger partial charge in [-0.15, -0.1) is 0 Å². The molecule has 0 saturated carbocycles. The first kappa shape index (κ1) is 20.8. The van der Waals surface area contributed by atoms with E-state index < -0.39 is 5.97 Å². The van der Waals surface area contributed by atoms with Gasteiger partial charge < -0.3 is 15.8 Å². The molecule has 0 unspecified atom stereocenters. The van der Waals surface area contributed by atoms with Gasteiger partial charge in [0.1, 0.15) is 5.82 Å². The Morgan fingerprint density at radius 3 is 2.56 bits per heavy atom. The first-order chi connectivity index (χ1) is 15.4. The van der Waals surface area contributed by atoms with Crippen LogP contribution in [0.3, 0.4) is 0 Å². The number of benzene rings is 1. The number of anilines is 3. The summed E-state index contributed by atoms with van der Waals surface area (Å²) in [5.41, 5.74) is 8.35. The third-order valence-electron chi connectivity index (χ3n) is 4.34. The third kappa shape index (κ3) is 4.83. The van der Waals surface area contributed by atoms with Gasteiger partial charge in [0.2, 0.25) is 11.9 Å². The van der Waals surface area contributed by atoms with E-state index in [1.54, 1.807) is 16.8 Å². The van der Waals surface area contributed by atoms with Crippen molar-refractivity contribution in [1.82, 2.24) is 29.7 Å². The maximum Gasteiger partial charge on any atom is 0.340 e. The Kier molecular flexibility index (Phi) is 5.71. The molecule has 0 aliphatic carbocycles. The number of nitrogen functional groups attached to an aromatic ring is 1. The molecule has 162 valence electrons. The number of carbonyl (C=O) groups is 1. The lowest BCUT2D eigenvalue weighted by Gasteiger charge is -2.08. The summed E-state index contributed by atoms with van der Waals surface area (Å²) in [6.07, 6.45) is 1.41. The van der Waals surface area contributed by atoms with Crippen LogP contribution in [0, 0.1) is 19.7 Å².